The van der Waals surface area contributed by atoms with Gasteiger partial charge in [0, 0.05) is 25.7 Å². The number of likely N-dealkylation sites (tertiary alicyclic amines) is 1. The summed E-state index contributed by atoms with van der Waals surface area (Å²) in [5.74, 6) is 1.14. The number of hydrogen-bond donors (Lipinski definition) is 1. The van der Waals surface area contributed by atoms with Crippen molar-refractivity contribution >= 4 is 27.5 Å². The van der Waals surface area contributed by atoms with Gasteiger partial charge in [-0.15, -0.1) is 4.40 Å². The Labute approximate surface area is 177 Å². The van der Waals surface area contributed by atoms with Crippen LogP contribution in [0.4, 0.5) is 5.69 Å². The summed E-state index contributed by atoms with van der Waals surface area (Å²) in [7, 11) is -1.92. The summed E-state index contributed by atoms with van der Waals surface area (Å²) in [6, 6.07) is 11.9. The number of amides is 1. The van der Waals surface area contributed by atoms with Crippen LogP contribution < -0.4 is 10.1 Å². The van der Waals surface area contributed by atoms with Gasteiger partial charge in [0.1, 0.15) is 11.6 Å². The molecule has 160 valence electrons. The van der Waals surface area contributed by atoms with E-state index in [1.54, 1.807) is 12.1 Å². The first kappa shape index (κ1) is 21.8. The van der Waals surface area contributed by atoms with Crippen molar-refractivity contribution in [3.63, 3.8) is 0 Å². The Bertz CT molecular complexity index is 1050. The Morgan fingerprint density at radius 1 is 1.17 bits per heavy atom. The number of sulfonamides is 1. The van der Waals surface area contributed by atoms with E-state index < -0.39 is 10.0 Å². The molecule has 1 N–H and O–H groups in total. The van der Waals surface area contributed by atoms with E-state index in [1.807, 2.05) is 44.0 Å². The molecule has 0 unspecified atom stereocenters. The predicted octanol–water partition coefficient (Wildman–Crippen LogP) is 3.52. The zero-order valence-electron chi connectivity index (χ0n) is 17.5. The summed E-state index contributed by atoms with van der Waals surface area (Å²) in [4.78, 5) is 14.1. The van der Waals surface area contributed by atoms with Crippen LogP contribution in [0.1, 0.15) is 30.4 Å². The lowest BCUT2D eigenvalue weighted by molar-refractivity contribution is -0.116. The smallest absolute Gasteiger partial charge is 0.283 e. The molecule has 0 bridgehead atoms. The van der Waals surface area contributed by atoms with Gasteiger partial charge in [-0.05, 0) is 56.2 Å². The van der Waals surface area contributed by atoms with Crippen LogP contribution >= 0.6 is 0 Å². The molecule has 0 aliphatic carbocycles. The summed E-state index contributed by atoms with van der Waals surface area (Å²) >= 11 is 0. The summed E-state index contributed by atoms with van der Waals surface area (Å²) in [6.07, 6.45) is 1.75. The van der Waals surface area contributed by atoms with Crippen molar-refractivity contribution < 1.29 is 17.9 Å². The predicted molar refractivity (Wildman–Crippen MR) is 118 cm³/mol. The van der Waals surface area contributed by atoms with E-state index in [0.29, 0.717) is 17.9 Å². The quantitative estimate of drug-likeness (QED) is 0.728. The van der Waals surface area contributed by atoms with Gasteiger partial charge in [0.25, 0.3) is 10.0 Å². The maximum atomic E-state index is 12.5. The van der Waals surface area contributed by atoms with Crippen molar-refractivity contribution in [2.24, 2.45) is 4.40 Å². The summed E-state index contributed by atoms with van der Waals surface area (Å²) in [5, 5.41) is 2.75. The highest BCUT2D eigenvalue weighted by molar-refractivity contribution is 7.90. The molecule has 1 amide bonds. The molecule has 8 heteroatoms. The fourth-order valence-electron chi connectivity index (χ4n) is 3.25. The van der Waals surface area contributed by atoms with E-state index in [4.69, 9.17) is 4.74 Å². The minimum atomic E-state index is -3.76. The van der Waals surface area contributed by atoms with Crippen molar-refractivity contribution in [2.45, 2.75) is 38.0 Å². The van der Waals surface area contributed by atoms with Crippen LogP contribution in [-0.2, 0) is 14.8 Å². The Hall–Kier alpha value is -2.87. The Morgan fingerprint density at radius 3 is 2.53 bits per heavy atom. The molecule has 30 heavy (non-hydrogen) atoms. The van der Waals surface area contributed by atoms with Crippen LogP contribution in [0, 0.1) is 13.8 Å². The number of anilines is 1. The topological polar surface area (TPSA) is 88.1 Å². The lowest BCUT2D eigenvalue weighted by Crippen LogP contribution is -2.20. The van der Waals surface area contributed by atoms with Crippen LogP contribution in [-0.4, -0.2) is 45.3 Å². The molecular weight excluding hydrogens is 402 g/mol. The molecule has 7 nitrogen and oxygen atoms in total. The SMILES string of the molecule is Cc1ccc(OCCC(=O)Nc2ccc(S(=O)(=O)/N=C3/CCCN3C)cc2)c(C)c1. The molecule has 0 aromatic heterocycles. The summed E-state index contributed by atoms with van der Waals surface area (Å²) < 4.78 is 34.6. The third-order valence-electron chi connectivity index (χ3n) is 4.91. The standard InChI is InChI=1S/C22H27N3O4S/c1-16-6-11-20(17(2)15-16)29-14-12-22(26)23-18-7-9-19(10-8-18)30(27,28)24-21-5-4-13-25(21)3/h6-11,15H,4-5,12-14H2,1-3H3,(H,23,26)/b24-21-. The second-order valence-corrected chi connectivity index (χ2v) is 9.05. The molecule has 0 spiro atoms. The van der Waals surface area contributed by atoms with Crippen LogP contribution in [0.2, 0.25) is 0 Å². The molecule has 0 radical (unpaired) electrons. The maximum Gasteiger partial charge on any atom is 0.283 e. The van der Waals surface area contributed by atoms with Crippen molar-refractivity contribution in [1.29, 1.82) is 0 Å². The average Bonchev–Trinajstić information content (AvgIpc) is 3.08. The van der Waals surface area contributed by atoms with Gasteiger partial charge in [-0.2, -0.15) is 8.42 Å². The van der Waals surface area contributed by atoms with Crippen LogP contribution in [0.3, 0.4) is 0 Å². The van der Waals surface area contributed by atoms with Crippen LogP contribution in [0.25, 0.3) is 0 Å². The van der Waals surface area contributed by atoms with Crippen molar-refractivity contribution in [3.8, 4) is 5.75 Å². The van der Waals surface area contributed by atoms with E-state index in [9.17, 15) is 13.2 Å². The lowest BCUT2D eigenvalue weighted by Gasteiger charge is -2.11. The number of carbonyl (C=O) groups is 1. The van der Waals surface area contributed by atoms with E-state index >= 15 is 0 Å². The number of hydrogen-bond acceptors (Lipinski definition) is 4. The third kappa shape index (κ3) is 5.60. The van der Waals surface area contributed by atoms with Crippen molar-refractivity contribution in [2.75, 3.05) is 25.5 Å². The molecule has 2 aromatic carbocycles. The summed E-state index contributed by atoms with van der Waals surface area (Å²) in [5.41, 5.74) is 2.71. The van der Waals surface area contributed by atoms with E-state index in [0.717, 1.165) is 29.8 Å². The Balaban J connectivity index is 1.54. The highest BCUT2D eigenvalue weighted by Crippen LogP contribution is 2.20. The number of aryl methyl sites for hydroxylation is 2. The lowest BCUT2D eigenvalue weighted by atomic mass is 10.1. The molecule has 1 heterocycles. The van der Waals surface area contributed by atoms with Crippen molar-refractivity contribution in [1.82, 2.24) is 4.90 Å². The number of rotatable bonds is 7. The van der Waals surface area contributed by atoms with Gasteiger partial charge in [0.2, 0.25) is 5.91 Å². The van der Waals surface area contributed by atoms with Crippen molar-refractivity contribution in [3.05, 3.63) is 53.6 Å². The van der Waals surface area contributed by atoms with Gasteiger partial charge in [0.05, 0.1) is 17.9 Å². The first-order chi connectivity index (χ1) is 14.2. The largest absolute Gasteiger partial charge is 0.493 e. The Kier molecular flexibility index (Phi) is 6.77. The normalized spacial score (nSPS) is 15.4. The number of nitrogens with one attached hydrogen (secondary N) is 1. The third-order valence-corrected chi connectivity index (χ3v) is 6.23. The number of nitrogens with zero attached hydrogens (tertiary/aromatic N) is 2. The maximum absolute atomic E-state index is 12.5. The molecular formula is C22H27N3O4S. The van der Waals surface area contributed by atoms with Gasteiger partial charge >= 0.3 is 0 Å². The zero-order chi connectivity index (χ0) is 21.7. The van der Waals surface area contributed by atoms with E-state index in [1.165, 1.54) is 12.1 Å². The van der Waals surface area contributed by atoms with Gasteiger partial charge < -0.3 is 15.0 Å². The minimum absolute atomic E-state index is 0.103. The highest BCUT2D eigenvalue weighted by Gasteiger charge is 2.20. The Morgan fingerprint density at radius 2 is 1.90 bits per heavy atom. The minimum Gasteiger partial charge on any atom is -0.493 e. The van der Waals surface area contributed by atoms with Crippen LogP contribution in [0.5, 0.6) is 5.75 Å². The zero-order valence-corrected chi connectivity index (χ0v) is 18.3. The first-order valence-corrected chi connectivity index (χ1v) is 11.3. The highest BCUT2D eigenvalue weighted by atomic mass is 32.2. The fourth-order valence-corrected chi connectivity index (χ4v) is 4.34. The monoisotopic (exact) mass is 429 g/mol. The fraction of sp³-hybridized carbons (Fsp3) is 0.364. The van der Waals surface area contributed by atoms with Gasteiger partial charge in [-0.1, -0.05) is 17.7 Å². The molecule has 1 aliphatic rings. The summed E-state index contributed by atoms with van der Waals surface area (Å²) in [6.45, 7) is 5.05. The van der Waals surface area contributed by atoms with Gasteiger partial charge in [-0.25, -0.2) is 0 Å². The molecule has 1 fully saturated rings. The number of carbonyl (C=O) groups excluding carboxylic acids is 1. The molecule has 2 aromatic rings. The molecule has 0 atom stereocenters. The van der Waals surface area contributed by atoms with Gasteiger partial charge in [0.15, 0.2) is 0 Å². The number of ether oxygens (including phenoxy) is 1. The average molecular weight is 430 g/mol. The molecule has 3 rings (SSSR count). The van der Waals surface area contributed by atoms with Gasteiger partial charge in [-0.3, -0.25) is 4.79 Å². The van der Waals surface area contributed by atoms with Crippen LogP contribution in [0.15, 0.2) is 51.8 Å². The molecule has 1 saturated heterocycles. The number of amidine groups is 1. The molecule has 0 saturated carbocycles. The first-order valence-electron chi connectivity index (χ1n) is 9.89. The second kappa shape index (κ2) is 9.30. The number of benzene rings is 2. The van der Waals surface area contributed by atoms with E-state index in [2.05, 4.69) is 9.71 Å². The second-order valence-electron chi connectivity index (χ2n) is 7.45. The molecule has 1 aliphatic heterocycles. The van der Waals surface area contributed by atoms with E-state index in [-0.39, 0.29) is 23.8 Å².